The smallest absolute Gasteiger partial charge is 0.279 e. The average molecular weight is 294 g/mol. The molecule has 0 aliphatic rings. The Morgan fingerprint density at radius 1 is 1.30 bits per heavy atom. The first-order chi connectivity index (χ1) is 9.44. The maximum Gasteiger partial charge on any atom is 0.279 e. The molecule has 2 rings (SSSR count). The number of nitrogens with zero attached hydrogens (tertiary/aromatic N) is 3. The number of nitrogens with one attached hydrogen (secondary N) is 1. The van der Waals surface area contributed by atoms with Gasteiger partial charge in [0, 0.05) is 12.7 Å². The van der Waals surface area contributed by atoms with E-state index in [1.165, 1.54) is 16.9 Å². The lowest BCUT2D eigenvalue weighted by molar-refractivity contribution is 0.319. The molecule has 20 heavy (non-hydrogen) atoms. The second kappa shape index (κ2) is 5.33. The summed E-state index contributed by atoms with van der Waals surface area (Å²) in [6.07, 6.45) is 1.42. The minimum atomic E-state index is -3.67. The Hall–Kier alpha value is -2.35. The van der Waals surface area contributed by atoms with E-state index in [0.29, 0.717) is 17.0 Å². The Kier molecular flexibility index (Phi) is 3.75. The van der Waals surface area contributed by atoms with Crippen LogP contribution in [0, 0.1) is 0 Å². The lowest BCUT2D eigenvalue weighted by Gasteiger charge is -2.08. The molecule has 1 aromatic heterocycles. The molecule has 0 radical (unpaired) electrons. The van der Waals surface area contributed by atoms with E-state index in [-0.39, 0.29) is 5.03 Å². The van der Waals surface area contributed by atoms with Gasteiger partial charge in [0.15, 0.2) is 5.03 Å². The Bertz CT molecular complexity index is 732. The van der Waals surface area contributed by atoms with Crippen LogP contribution in [0.1, 0.15) is 12.5 Å². The fraction of sp³-hybridized carbons (Fsp3) is 0.167. The lowest BCUT2D eigenvalue weighted by Crippen LogP contribution is -2.16. The van der Waals surface area contributed by atoms with Crippen LogP contribution in [0.25, 0.3) is 0 Å². The summed E-state index contributed by atoms with van der Waals surface area (Å²) in [5.41, 5.74) is 1.57. The van der Waals surface area contributed by atoms with Crippen molar-refractivity contribution in [2.45, 2.75) is 11.9 Å². The summed E-state index contributed by atoms with van der Waals surface area (Å²) in [4.78, 5) is 0. The van der Waals surface area contributed by atoms with E-state index in [4.69, 9.17) is 5.21 Å². The third kappa shape index (κ3) is 2.80. The molecule has 0 amide bonds. The van der Waals surface area contributed by atoms with E-state index in [1.807, 2.05) is 0 Å². The number of sulfonamides is 1. The van der Waals surface area contributed by atoms with Gasteiger partial charge in [0.25, 0.3) is 10.0 Å². The van der Waals surface area contributed by atoms with Gasteiger partial charge < -0.3 is 5.21 Å². The molecule has 106 valence electrons. The molecular formula is C12H14N4O3S. The molecule has 0 spiro atoms. The Labute approximate surface area is 116 Å². The molecule has 2 aromatic rings. The van der Waals surface area contributed by atoms with Crippen molar-refractivity contribution in [3.05, 3.63) is 42.1 Å². The van der Waals surface area contributed by atoms with Gasteiger partial charge in [-0.05, 0) is 30.7 Å². The fourth-order valence-corrected chi connectivity index (χ4v) is 2.86. The van der Waals surface area contributed by atoms with Crippen molar-refractivity contribution in [1.82, 2.24) is 9.78 Å². The van der Waals surface area contributed by atoms with Gasteiger partial charge in [-0.2, -0.15) is 13.5 Å². The predicted octanol–water partition coefficient (Wildman–Crippen LogP) is 1.42. The standard InChI is InChI=1S/C12H14N4O3S/c1-9(14-17)10-3-5-11(6-4-10)15-20(18,19)12-7-8-13-16(12)2/h3-8,15,17H,1-2H3/b14-9-. The molecule has 0 saturated carbocycles. The van der Waals surface area contributed by atoms with Gasteiger partial charge in [0.2, 0.25) is 0 Å². The molecule has 8 heteroatoms. The quantitative estimate of drug-likeness (QED) is 0.506. The van der Waals surface area contributed by atoms with Gasteiger partial charge in [0.1, 0.15) is 0 Å². The Morgan fingerprint density at radius 3 is 2.45 bits per heavy atom. The lowest BCUT2D eigenvalue weighted by atomic mass is 10.1. The minimum Gasteiger partial charge on any atom is -0.411 e. The number of hydrogen-bond acceptors (Lipinski definition) is 5. The third-order valence-electron chi connectivity index (χ3n) is 2.76. The Balaban J connectivity index is 2.25. The molecular weight excluding hydrogens is 280 g/mol. The van der Waals surface area contributed by atoms with Crippen LogP contribution in [-0.4, -0.2) is 29.1 Å². The summed E-state index contributed by atoms with van der Waals surface area (Å²) < 4.78 is 28.0. The SMILES string of the molecule is C/C(=N/O)c1ccc(NS(=O)(=O)c2ccnn2C)cc1. The fourth-order valence-electron chi connectivity index (χ4n) is 1.67. The number of aryl methyl sites for hydroxylation is 1. The van der Waals surface area contributed by atoms with E-state index < -0.39 is 10.0 Å². The first kappa shape index (κ1) is 14.1. The van der Waals surface area contributed by atoms with Gasteiger partial charge in [-0.25, -0.2) is 0 Å². The predicted molar refractivity (Wildman–Crippen MR) is 74.5 cm³/mol. The summed E-state index contributed by atoms with van der Waals surface area (Å²) in [7, 11) is -2.11. The number of hydrogen-bond donors (Lipinski definition) is 2. The van der Waals surface area contributed by atoms with Crippen LogP contribution in [0.15, 0.2) is 46.7 Å². The van der Waals surface area contributed by atoms with Crippen LogP contribution in [0.5, 0.6) is 0 Å². The molecule has 0 aliphatic heterocycles. The van der Waals surface area contributed by atoms with Gasteiger partial charge in [-0.15, -0.1) is 0 Å². The van der Waals surface area contributed by atoms with Crippen molar-refractivity contribution in [3.8, 4) is 0 Å². The van der Waals surface area contributed by atoms with Crippen molar-refractivity contribution in [1.29, 1.82) is 0 Å². The van der Waals surface area contributed by atoms with Gasteiger partial charge >= 0.3 is 0 Å². The van der Waals surface area contributed by atoms with Gasteiger partial charge in [0.05, 0.1) is 11.9 Å². The minimum absolute atomic E-state index is 0.0784. The summed E-state index contributed by atoms with van der Waals surface area (Å²) in [6, 6.07) is 7.93. The van der Waals surface area contributed by atoms with Crippen LogP contribution >= 0.6 is 0 Å². The van der Waals surface area contributed by atoms with Crippen molar-refractivity contribution in [3.63, 3.8) is 0 Å². The van der Waals surface area contributed by atoms with E-state index in [1.54, 1.807) is 38.2 Å². The monoisotopic (exact) mass is 294 g/mol. The Morgan fingerprint density at radius 2 is 1.95 bits per heavy atom. The second-order valence-electron chi connectivity index (χ2n) is 4.16. The summed E-state index contributed by atoms with van der Waals surface area (Å²) >= 11 is 0. The summed E-state index contributed by atoms with van der Waals surface area (Å²) in [6.45, 7) is 1.65. The van der Waals surface area contributed by atoms with Crippen LogP contribution in [0.4, 0.5) is 5.69 Å². The van der Waals surface area contributed by atoms with Gasteiger partial charge in [-0.1, -0.05) is 17.3 Å². The third-order valence-corrected chi connectivity index (χ3v) is 4.21. The van der Waals surface area contributed by atoms with Crippen molar-refractivity contribution >= 4 is 21.4 Å². The van der Waals surface area contributed by atoms with Crippen LogP contribution in [0.3, 0.4) is 0 Å². The molecule has 0 fully saturated rings. The maximum absolute atomic E-state index is 12.1. The number of oxime groups is 1. The number of aromatic nitrogens is 2. The first-order valence-electron chi connectivity index (χ1n) is 5.74. The zero-order valence-corrected chi connectivity index (χ0v) is 11.8. The summed E-state index contributed by atoms with van der Waals surface area (Å²) in [5, 5.41) is 15.7. The number of rotatable bonds is 4. The highest BCUT2D eigenvalue weighted by atomic mass is 32.2. The van der Waals surface area contributed by atoms with Crippen LogP contribution in [0.2, 0.25) is 0 Å². The van der Waals surface area contributed by atoms with Crippen LogP contribution < -0.4 is 4.72 Å². The van der Waals surface area contributed by atoms with Crippen molar-refractivity contribution in [2.75, 3.05) is 4.72 Å². The molecule has 2 N–H and O–H groups in total. The topological polar surface area (TPSA) is 96.6 Å². The van der Waals surface area contributed by atoms with Crippen molar-refractivity contribution in [2.24, 2.45) is 12.2 Å². The normalized spacial score (nSPS) is 12.4. The van der Waals surface area contributed by atoms with E-state index >= 15 is 0 Å². The molecule has 0 aliphatic carbocycles. The molecule has 1 aromatic carbocycles. The zero-order valence-electron chi connectivity index (χ0n) is 11.0. The second-order valence-corrected chi connectivity index (χ2v) is 5.79. The van der Waals surface area contributed by atoms with E-state index in [0.717, 1.165) is 0 Å². The average Bonchev–Trinajstić information content (AvgIpc) is 2.85. The van der Waals surface area contributed by atoms with Crippen molar-refractivity contribution < 1.29 is 13.6 Å². The van der Waals surface area contributed by atoms with Gasteiger partial charge in [-0.3, -0.25) is 9.40 Å². The largest absolute Gasteiger partial charge is 0.411 e. The molecule has 0 bridgehead atoms. The molecule has 0 atom stereocenters. The maximum atomic E-state index is 12.1. The zero-order chi connectivity index (χ0) is 14.8. The summed E-state index contributed by atoms with van der Waals surface area (Å²) in [5.74, 6) is 0. The highest BCUT2D eigenvalue weighted by Gasteiger charge is 2.17. The van der Waals surface area contributed by atoms with E-state index in [2.05, 4.69) is 15.0 Å². The molecule has 0 saturated heterocycles. The highest BCUT2D eigenvalue weighted by Crippen LogP contribution is 2.16. The first-order valence-corrected chi connectivity index (χ1v) is 7.22. The molecule has 7 nitrogen and oxygen atoms in total. The molecule has 0 unspecified atom stereocenters. The van der Waals surface area contributed by atoms with Crippen LogP contribution in [-0.2, 0) is 17.1 Å². The molecule has 1 heterocycles. The van der Waals surface area contributed by atoms with E-state index in [9.17, 15) is 8.42 Å². The number of anilines is 1. The highest BCUT2D eigenvalue weighted by molar-refractivity contribution is 7.92. The number of benzene rings is 1.